The monoisotopic (exact) mass is 363 g/mol. The van der Waals surface area contributed by atoms with E-state index in [0.29, 0.717) is 6.04 Å². The Morgan fingerprint density at radius 1 is 1.19 bits per heavy atom. The van der Waals surface area contributed by atoms with Crippen molar-refractivity contribution >= 4 is 5.82 Å². The number of anilines is 1. The van der Waals surface area contributed by atoms with Gasteiger partial charge in [0, 0.05) is 55.7 Å². The van der Waals surface area contributed by atoms with Gasteiger partial charge in [0.25, 0.3) is 0 Å². The second-order valence-corrected chi connectivity index (χ2v) is 7.04. The molecule has 1 aliphatic rings. The molecule has 0 radical (unpaired) electrons. The van der Waals surface area contributed by atoms with Crippen LogP contribution in [0.5, 0.6) is 0 Å². The number of aryl methyl sites for hydroxylation is 2. The molecule has 3 aromatic rings. The van der Waals surface area contributed by atoms with Crippen molar-refractivity contribution in [2.45, 2.75) is 38.8 Å². The van der Waals surface area contributed by atoms with Crippen molar-refractivity contribution in [2.24, 2.45) is 0 Å². The number of H-pyrrole nitrogens is 1. The number of hydrogen-bond donors (Lipinski definition) is 2. The highest BCUT2D eigenvalue weighted by molar-refractivity contribution is 5.40. The third-order valence-electron chi connectivity index (χ3n) is 4.98. The molecular formula is C20H25N7. The fourth-order valence-corrected chi connectivity index (χ4v) is 3.69. The first-order chi connectivity index (χ1) is 13.2. The average Bonchev–Trinajstić information content (AvgIpc) is 3.21. The van der Waals surface area contributed by atoms with Gasteiger partial charge in [0.15, 0.2) is 0 Å². The molecular weight excluding hydrogens is 338 g/mol. The highest BCUT2D eigenvalue weighted by Crippen LogP contribution is 2.23. The summed E-state index contributed by atoms with van der Waals surface area (Å²) in [7, 11) is 0. The van der Waals surface area contributed by atoms with Crippen molar-refractivity contribution in [1.29, 1.82) is 0 Å². The van der Waals surface area contributed by atoms with E-state index in [1.54, 1.807) is 12.4 Å². The molecule has 1 saturated heterocycles. The first-order valence-corrected chi connectivity index (χ1v) is 9.41. The Bertz CT molecular complexity index is 835. The Kier molecular flexibility index (Phi) is 5.11. The van der Waals surface area contributed by atoms with Gasteiger partial charge in [0.05, 0.1) is 6.04 Å². The maximum atomic E-state index is 4.60. The van der Waals surface area contributed by atoms with Crippen LogP contribution in [0.3, 0.4) is 0 Å². The Labute approximate surface area is 159 Å². The van der Waals surface area contributed by atoms with E-state index in [-0.39, 0.29) is 6.04 Å². The standard InChI is InChI=1S/C20H25N7/c1-14-12-18(25-15(2)24-14)27-10-5-17(6-11-27)26-19(20-22-8-9-23-20)16-4-3-7-21-13-16/h3-4,7-9,12-13,17,19,26H,5-6,10-11H2,1-2H3,(H,22,23). The molecule has 27 heavy (non-hydrogen) atoms. The van der Waals surface area contributed by atoms with Crippen molar-refractivity contribution < 1.29 is 0 Å². The minimum atomic E-state index is 0.0220. The minimum absolute atomic E-state index is 0.0220. The third kappa shape index (κ3) is 4.14. The Morgan fingerprint density at radius 2 is 2.04 bits per heavy atom. The van der Waals surface area contributed by atoms with Gasteiger partial charge in [-0.3, -0.25) is 4.98 Å². The molecule has 2 N–H and O–H groups in total. The van der Waals surface area contributed by atoms with E-state index in [1.165, 1.54) is 0 Å². The molecule has 3 aromatic heterocycles. The maximum absolute atomic E-state index is 4.60. The van der Waals surface area contributed by atoms with Crippen molar-refractivity contribution in [3.05, 3.63) is 65.9 Å². The Hall–Kier alpha value is -2.80. The van der Waals surface area contributed by atoms with Crippen molar-refractivity contribution in [3.8, 4) is 0 Å². The molecule has 1 fully saturated rings. The summed E-state index contributed by atoms with van der Waals surface area (Å²) >= 11 is 0. The van der Waals surface area contributed by atoms with Crippen LogP contribution in [0.25, 0.3) is 0 Å². The van der Waals surface area contributed by atoms with E-state index in [9.17, 15) is 0 Å². The number of hydrogen-bond acceptors (Lipinski definition) is 6. The van der Waals surface area contributed by atoms with E-state index in [1.807, 2.05) is 32.3 Å². The van der Waals surface area contributed by atoms with Gasteiger partial charge in [-0.15, -0.1) is 0 Å². The second-order valence-electron chi connectivity index (χ2n) is 7.04. The number of piperidine rings is 1. The van der Waals surface area contributed by atoms with E-state index in [4.69, 9.17) is 0 Å². The van der Waals surface area contributed by atoms with E-state index < -0.39 is 0 Å². The summed E-state index contributed by atoms with van der Waals surface area (Å²) in [4.78, 5) is 23.3. The summed E-state index contributed by atoms with van der Waals surface area (Å²) in [6.07, 6.45) is 9.47. The van der Waals surface area contributed by atoms with Crippen LogP contribution in [0.2, 0.25) is 0 Å². The molecule has 7 nitrogen and oxygen atoms in total. The Morgan fingerprint density at radius 3 is 2.70 bits per heavy atom. The molecule has 140 valence electrons. The van der Waals surface area contributed by atoms with Crippen LogP contribution < -0.4 is 10.2 Å². The van der Waals surface area contributed by atoms with Gasteiger partial charge in [0.1, 0.15) is 17.5 Å². The zero-order chi connectivity index (χ0) is 18.6. The van der Waals surface area contributed by atoms with Crippen LogP contribution in [-0.4, -0.2) is 44.1 Å². The molecule has 7 heteroatoms. The number of nitrogens with one attached hydrogen (secondary N) is 2. The summed E-state index contributed by atoms with van der Waals surface area (Å²) < 4.78 is 0. The number of nitrogens with zero attached hydrogens (tertiary/aromatic N) is 5. The van der Waals surface area contributed by atoms with Crippen LogP contribution in [0.4, 0.5) is 5.82 Å². The average molecular weight is 363 g/mol. The molecule has 1 aliphatic heterocycles. The van der Waals surface area contributed by atoms with Crippen molar-refractivity contribution in [1.82, 2.24) is 30.2 Å². The highest BCUT2D eigenvalue weighted by atomic mass is 15.2. The van der Waals surface area contributed by atoms with Gasteiger partial charge in [-0.25, -0.2) is 15.0 Å². The lowest BCUT2D eigenvalue weighted by atomic mass is 10.0. The quantitative estimate of drug-likeness (QED) is 0.725. The Balaban J connectivity index is 1.44. The topological polar surface area (TPSA) is 82.6 Å². The molecule has 0 aromatic carbocycles. The summed E-state index contributed by atoms with van der Waals surface area (Å²) in [6, 6.07) is 6.57. The molecule has 4 rings (SSSR count). The van der Waals surface area contributed by atoms with Crippen LogP contribution in [0.1, 0.15) is 41.8 Å². The molecule has 0 bridgehead atoms. The van der Waals surface area contributed by atoms with Crippen molar-refractivity contribution in [2.75, 3.05) is 18.0 Å². The fraction of sp³-hybridized carbons (Fsp3) is 0.400. The highest BCUT2D eigenvalue weighted by Gasteiger charge is 2.25. The number of aromatic nitrogens is 5. The van der Waals surface area contributed by atoms with E-state index in [2.05, 4.69) is 47.3 Å². The summed E-state index contributed by atoms with van der Waals surface area (Å²) in [5, 5.41) is 3.78. The normalized spacial score (nSPS) is 16.4. The number of imidazole rings is 1. The number of rotatable bonds is 5. The summed E-state index contributed by atoms with van der Waals surface area (Å²) in [5.41, 5.74) is 2.14. The predicted molar refractivity (Wildman–Crippen MR) is 105 cm³/mol. The predicted octanol–water partition coefficient (Wildman–Crippen LogP) is 2.56. The molecule has 0 saturated carbocycles. The van der Waals surface area contributed by atoms with Crippen LogP contribution in [-0.2, 0) is 0 Å². The second kappa shape index (κ2) is 7.84. The van der Waals surface area contributed by atoms with Gasteiger partial charge in [-0.05, 0) is 38.3 Å². The zero-order valence-corrected chi connectivity index (χ0v) is 15.8. The van der Waals surface area contributed by atoms with Crippen LogP contribution in [0, 0.1) is 13.8 Å². The summed E-state index contributed by atoms with van der Waals surface area (Å²) in [5.74, 6) is 2.79. The molecule has 1 atom stereocenters. The summed E-state index contributed by atoms with van der Waals surface area (Å²) in [6.45, 7) is 5.93. The van der Waals surface area contributed by atoms with Crippen molar-refractivity contribution in [3.63, 3.8) is 0 Å². The smallest absolute Gasteiger partial charge is 0.132 e. The van der Waals surface area contributed by atoms with E-state index in [0.717, 1.165) is 54.7 Å². The SMILES string of the molecule is Cc1cc(N2CCC(NC(c3cccnc3)c3ncc[nH]3)CC2)nc(C)n1. The fourth-order valence-electron chi connectivity index (χ4n) is 3.69. The molecule has 0 spiro atoms. The third-order valence-corrected chi connectivity index (χ3v) is 4.98. The van der Waals surface area contributed by atoms with E-state index >= 15 is 0 Å². The number of aromatic amines is 1. The largest absolute Gasteiger partial charge is 0.356 e. The lowest BCUT2D eigenvalue weighted by molar-refractivity contribution is 0.384. The van der Waals surface area contributed by atoms with Gasteiger partial charge in [0.2, 0.25) is 0 Å². The molecule has 0 aliphatic carbocycles. The lowest BCUT2D eigenvalue weighted by Gasteiger charge is -2.35. The van der Waals surface area contributed by atoms with Gasteiger partial charge >= 0.3 is 0 Å². The number of pyridine rings is 1. The zero-order valence-electron chi connectivity index (χ0n) is 15.8. The van der Waals surface area contributed by atoms with Gasteiger partial charge in [-0.2, -0.15) is 0 Å². The van der Waals surface area contributed by atoms with Gasteiger partial charge < -0.3 is 15.2 Å². The first kappa shape index (κ1) is 17.6. The van der Waals surface area contributed by atoms with Crippen LogP contribution in [0.15, 0.2) is 43.0 Å². The molecule has 1 unspecified atom stereocenters. The lowest BCUT2D eigenvalue weighted by Crippen LogP contribution is -2.44. The minimum Gasteiger partial charge on any atom is -0.356 e. The first-order valence-electron chi connectivity index (χ1n) is 9.41. The van der Waals surface area contributed by atoms with Gasteiger partial charge in [-0.1, -0.05) is 6.07 Å². The maximum Gasteiger partial charge on any atom is 0.132 e. The molecule has 4 heterocycles. The molecule has 0 amide bonds. The van der Waals surface area contributed by atoms with Crippen LogP contribution >= 0.6 is 0 Å².